The second-order valence-corrected chi connectivity index (χ2v) is 8.04. The number of thiazole rings is 1. The zero-order chi connectivity index (χ0) is 20.1. The lowest BCUT2D eigenvalue weighted by molar-refractivity contribution is 0.0844. The number of likely N-dealkylation sites (tertiary alicyclic amines) is 1. The second-order valence-electron chi connectivity index (χ2n) is 7.21. The Bertz CT molecular complexity index is 859. The number of anilines is 1. The highest BCUT2D eigenvalue weighted by Crippen LogP contribution is 2.21. The van der Waals surface area contributed by atoms with Crippen molar-refractivity contribution in [3.8, 4) is 0 Å². The molecule has 0 saturated carbocycles. The van der Waals surface area contributed by atoms with Gasteiger partial charge in [0.15, 0.2) is 5.13 Å². The lowest BCUT2D eigenvalue weighted by Crippen LogP contribution is -2.42. The molecule has 0 unspecified atom stereocenters. The van der Waals surface area contributed by atoms with Crippen LogP contribution in [0.2, 0.25) is 0 Å². The summed E-state index contributed by atoms with van der Waals surface area (Å²) in [5.41, 5.74) is 6.86. The van der Waals surface area contributed by atoms with Crippen molar-refractivity contribution in [2.45, 2.75) is 19.4 Å². The van der Waals surface area contributed by atoms with Crippen molar-refractivity contribution in [1.82, 2.24) is 20.7 Å². The largest absolute Gasteiger partial charge is 0.378 e. The molecule has 154 valence electrons. The van der Waals surface area contributed by atoms with Crippen molar-refractivity contribution in [3.63, 3.8) is 0 Å². The van der Waals surface area contributed by atoms with Crippen LogP contribution in [-0.4, -0.2) is 61.1 Å². The van der Waals surface area contributed by atoms with Crippen LogP contribution in [0.1, 0.15) is 39.3 Å². The fourth-order valence-electron chi connectivity index (χ4n) is 3.53. The third-order valence-corrected chi connectivity index (χ3v) is 5.99. The number of ether oxygens (including phenoxy) is 1. The van der Waals surface area contributed by atoms with E-state index in [1.165, 1.54) is 24.2 Å². The topological polar surface area (TPSA) is 86.8 Å². The van der Waals surface area contributed by atoms with E-state index in [2.05, 4.69) is 25.6 Å². The van der Waals surface area contributed by atoms with Crippen molar-refractivity contribution < 1.29 is 14.3 Å². The van der Waals surface area contributed by atoms with Gasteiger partial charge in [-0.15, -0.1) is 11.3 Å². The van der Waals surface area contributed by atoms with Crippen molar-refractivity contribution >= 4 is 28.3 Å². The molecule has 0 spiro atoms. The summed E-state index contributed by atoms with van der Waals surface area (Å²) >= 11 is 1.41. The number of carbonyl (C=O) groups excluding carboxylic acids is 2. The van der Waals surface area contributed by atoms with E-state index in [0.717, 1.165) is 43.4 Å². The Labute approximate surface area is 173 Å². The standard InChI is InChI=1S/C20H25N5O3S/c26-18(16-5-3-4-15(12-16)13-24-6-1-2-7-24)22-23-19(27)17-14-29-20(21-17)25-8-10-28-11-9-25/h3-5,12,14H,1-2,6-11,13H2,(H,22,26)(H,23,27). The maximum atomic E-state index is 12.4. The molecule has 2 aliphatic rings. The first kappa shape index (κ1) is 19.8. The number of aromatic nitrogens is 1. The summed E-state index contributed by atoms with van der Waals surface area (Å²) in [5, 5.41) is 2.49. The predicted molar refractivity (Wildman–Crippen MR) is 111 cm³/mol. The van der Waals surface area contributed by atoms with Crippen LogP contribution in [0.3, 0.4) is 0 Å². The van der Waals surface area contributed by atoms with E-state index in [1.54, 1.807) is 11.4 Å². The minimum Gasteiger partial charge on any atom is -0.378 e. The zero-order valence-corrected chi connectivity index (χ0v) is 17.0. The molecule has 2 amide bonds. The van der Waals surface area contributed by atoms with E-state index in [1.807, 2.05) is 18.2 Å². The van der Waals surface area contributed by atoms with Crippen molar-refractivity contribution in [2.24, 2.45) is 0 Å². The summed E-state index contributed by atoms with van der Waals surface area (Å²) < 4.78 is 5.33. The molecule has 1 aromatic carbocycles. The minimum atomic E-state index is -0.428. The molecule has 29 heavy (non-hydrogen) atoms. The summed E-state index contributed by atoms with van der Waals surface area (Å²) in [7, 11) is 0. The van der Waals surface area contributed by atoms with E-state index < -0.39 is 5.91 Å². The average Bonchev–Trinajstić information content (AvgIpc) is 3.45. The molecule has 2 fully saturated rings. The Balaban J connectivity index is 1.31. The third kappa shape index (κ3) is 5.11. The zero-order valence-electron chi connectivity index (χ0n) is 16.2. The first-order chi connectivity index (χ1) is 14.2. The molecule has 2 aliphatic heterocycles. The van der Waals surface area contributed by atoms with Crippen LogP contribution < -0.4 is 15.8 Å². The van der Waals surface area contributed by atoms with Gasteiger partial charge < -0.3 is 9.64 Å². The first-order valence-corrected chi connectivity index (χ1v) is 10.8. The van der Waals surface area contributed by atoms with Crippen LogP contribution in [0.5, 0.6) is 0 Å². The number of carbonyl (C=O) groups is 2. The predicted octanol–water partition coefficient (Wildman–Crippen LogP) is 1.65. The monoisotopic (exact) mass is 415 g/mol. The van der Waals surface area contributed by atoms with E-state index in [-0.39, 0.29) is 5.91 Å². The lowest BCUT2D eigenvalue weighted by Gasteiger charge is -2.25. The van der Waals surface area contributed by atoms with E-state index in [4.69, 9.17) is 4.74 Å². The normalized spacial score (nSPS) is 17.3. The molecule has 2 saturated heterocycles. The number of nitrogens with one attached hydrogen (secondary N) is 2. The number of morpholine rings is 1. The lowest BCUT2D eigenvalue weighted by atomic mass is 10.1. The Kier molecular flexibility index (Phi) is 6.38. The molecule has 0 radical (unpaired) electrons. The molecule has 0 bridgehead atoms. The fraction of sp³-hybridized carbons (Fsp3) is 0.450. The van der Waals surface area contributed by atoms with Gasteiger partial charge in [0.25, 0.3) is 11.8 Å². The average molecular weight is 416 g/mol. The van der Waals surface area contributed by atoms with E-state index in [0.29, 0.717) is 24.5 Å². The maximum Gasteiger partial charge on any atom is 0.289 e. The summed E-state index contributed by atoms with van der Waals surface area (Å²) in [5.74, 6) is -0.771. The molecule has 3 heterocycles. The maximum absolute atomic E-state index is 12.4. The van der Waals surface area contributed by atoms with Crippen molar-refractivity contribution in [3.05, 3.63) is 46.5 Å². The van der Waals surface area contributed by atoms with Gasteiger partial charge in [0.05, 0.1) is 13.2 Å². The highest BCUT2D eigenvalue weighted by molar-refractivity contribution is 7.13. The molecule has 0 aliphatic carbocycles. The van der Waals surface area contributed by atoms with Gasteiger partial charge in [0, 0.05) is 30.6 Å². The van der Waals surface area contributed by atoms with Crippen LogP contribution in [0.25, 0.3) is 0 Å². The van der Waals surface area contributed by atoms with Gasteiger partial charge in [0.1, 0.15) is 5.69 Å². The van der Waals surface area contributed by atoms with Crippen LogP contribution in [0.15, 0.2) is 29.6 Å². The molecular formula is C20H25N5O3S. The number of hydrogen-bond donors (Lipinski definition) is 2. The molecule has 9 heteroatoms. The van der Waals surface area contributed by atoms with Crippen molar-refractivity contribution in [2.75, 3.05) is 44.3 Å². The molecule has 4 rings (SSSR count). The molecule has 8 nitrogen and oxygen atoms in total. The summed E-state index contributed by atoms with van der Waals surface area (Å²) in [4.78, 5) is 33.6. The van der Waals surface area contributed by atoms with Crippen LogP contribution >= 0.6 is 11.3 Å². The molecule has 0 atom stereocenters. The quantitative estimate of drug-likeness (QED) is 0.722. The Morgan fingerprint density at radius 1 is 1.07 bits per heavy atom. The summed E-state index contributed by atoms with van der Waals surface area (Å²) in [6.07, 6.45) is 2.46. The van der Waals surface area contributed by atoms with Gasteiger partial charge >= 0.3 is 0 Å². The van der Waals surface area contributed by atoms with Gasteiger partial charge in [-0.2, -0.15) is 0 Å². The van der Waals surface area contributed by atoms with Crippen LogP contribution in [-0.2, 0) is 11.3 Å². The van der Waals surface area contributed by atoms with Gasteiger partial charge in [-0.05, 0) is 43.6 Å². The number of amides is 2. The smallest absolute Gasteiger partial charge is 0.289 e. The third-order valence-electron chi connectivity index (χ3n) is 5.09. The number of hydrogen-bond acceptors (Lipinski definition) is 7. The van der Waals surface area contributed by atoms with Crippen LogP contribution in [0, 0.1) is 0 Å². The highest BCUT2D eigenvalue weighted by atomic mass is 32.1. The van der Waals surface area contributed by atoms with E-state index >= 15 is 0 Å². The first-order valence-electron chi connectivity index (χ1n) is 9.89. The van der Waals surface area contributed by atoms with Crippen molar-refractivity contribution in [1.29, 1.82) is 0 Å². The number of rotatable bonds is 5. The Hall–Kier alpha value is -2.49. The van der Waals surface area contributed by atoms with Gasteiger partial charge in [-0.25, -0.2) is 4.98 Å². The molecule has 2 aromatic rings. The van der Waals surface area contributed by atoms with E-state index in [9.17, 15) is 9.59 Å². The molecule has 1 aromatic heterocycles. The number of nitrogens with zero attached hydrogens (tertiary/aromatic N) is 3. The second kappa shape index (κ2) is 9.34. The molecular weight excluding hydrogens is 390 g/mol. The van der Waals surface area contributed by atoms with Gasteiger partial charge in [0.2, 0.25) is 0 Å². The number of benzene rings is 1. The highest BCUT2D eigenvalue weighted by Gasteiger charge is 2.18. The fourth-order valence-corrected chi connectivity index (χ4v) is 4.39. The Morgan fingerprint density at radius 3 is 2.62 bits per heavy atom. The molecule has 2 N–H and O–H groups in total. The summed E-state index contributed by atoms with van der Waals surface area (Å²) in [6, 6.07) is 7.51. The van der Waals surface area contributed by atoms with Gasteiger partial charge in [-0.1, -0.05) is 12.1 Å². The minimum absolute atomic E-state index is 0.291. The SMILES string of the molecule is O=C(NNC(=O)c1csc(N2CCOCC2)n1)c1cccc(CN2CCCC2)c1. The number of hydrazine groups is 1. The van der Waals surface area contributed by atoms with Crippen LogP contribution in [0.4, 0.5) is 5.13 Å². The van der Waals surface area contributed by atoms with Gasteiger partial charge in [-0.3, -0.25) is 25.3 Å². The Morgan fingerprint density at radius 2 is 1.83 bits per heavy atom. The summed E-state index contributed by atoms with van der Waals surface area (Å²) in [6.45, 7) is 5.90.